The van der Waals surface area contributed by atoms with Crippen molar-refractivity contribution in [3.05, 3.63) is 35.4 Å². The minimum absolute atomic E-state index is 0.739. The van der Waals surface area contributed by atoms with E-state index >= 15 is 0 Å². The molecule has 0 aliphatic carbocycles. The molecule has 0 atom stereocenters. The van der Waals surface area contributed by atoms with E-state index in [9.17, 15) is 0 Å². The molecule has 0 radical (unpaired) electrons. The van der Waals surface area contributed by atoms with Gasteiger partial charge in [0.25, 0.3) is 0 Å². The summed E-state index contributed by atoms with van der Waals surface area (Å²) in [6.45, 7) is 6.82. The average Bonchev–Trinajstić information content (AvgIpc) is 2.35. The van der Waals surface area contributed by atoms with Gasteiger partial charge in [-0.2, -0.15) is 12.6 Å². The predicted octanol–water partition coefficient (Wildman–Crippen LogP) is 3.68. The maximum atomic E-state index is 4.24. The van der Waals surface area contributed by atoms with Gasteiger partial charge in [0.05, 0.1) is 0 Å². The molecule has 0 saturated carbocycles. The highest BCUT2D eigenvalue weighted by molar-refractivity contribution is 7.80. The van der Waals surface area contributed by atoms with Gasteiger partial charge >= 0.3 is 0 Å². The van der Waals surface area contributed by atoms with Crippen LogP contribution in [0.4, 0.5) is 0 Å². The van der Waals surface area contributed by atoms with Crippen LogP contribution in [0.5, 0.6) is 0 Å². The zero-order valence-corrected chi connectivity index (χ0v) is 12.9. The average molecular weight is 265 g/mol. The van der Waals surface area contributed by atoms with Crippen molar-refractivity contribution >= 4 is 12.6 Å². The van der Waals surface area contributed by atoms with E-state index in [0.29, 0.717) is 0 Å². The molecule has 102 valence electrons. The lowest BCUT2D eigenvalue weighted by molar-refractivity contribution is 0.340. The molecule has 0 saturated heterocycles. The van der Waals surface area contributed by atoms with E-state index in [1.54, 1.807) is 0 Å². The predicted molar refractivity (Wildman–Crippen MR) is 84.7 cm³/mol. The number of thiol groups is 1. The summed E-state index contributed by atoms with van der Waals surface area (Å²) in [5.74, 6) is 1.72. The smallest absolute Gasteiger partial charge is 0.00188 e. The first-order valence-electron chi connectivity index (χ1n) is 6.99. The highest BCUT2D eigenvalue weighted by atomic mass is 32.1. The highest BCUT2D eigenvalue weighted by Crippen LogP contribution is 2.10. The lowest BCUT2D eigenvalue weighted by atomic mass is 10.0. The van der Waals surface area contributed by atoms with E-state index in [-0.39, 0.29) is 0 Å². The molecule has 0 heterocycles. The molecule has 1 nitrogen and oxygen atoms in total. The van der Waals surface area contributed by atoms with Crippen LogP contribution in [0.2, 0.25) is 0 Å². The summed E-state index contributed by atoms with van der Waals surface area (Å²) in [4.78, 5) is 2.39. The van der Waals surface area contributed by atoms with Crippen LogP contribution < -0.4 is 0 Å². The molecule has 0 spiro atoms. The second-order valence-corrected chi connectivity index (χ2v) is 5.99. The van der Waals surface area contributed by atoms with Gasteiger partial charge in [0.15, 0.2) is 0 Å². The van der Waals surface area contributed by atoms with Crippen LogP contribution in [0, 0.1) is 5.92 Å². The first-order chi connectivity index (χ1) is 8.61. The van der Waals surface area contributed by atoms with Crippen molar-refractivity contribution in [3.63, 3.8) is 0 Å². The van der Waals surface area contributed by atoms with Crippen LogP contribution in [-0.2, 0) is 12.8 Å². The third-order valence-electron chi connectivity index (χ3n) is 3.15. The molecule has 0 fully saturated rings. The maximum Gasteiger partial charge on any atom is 0.00188 e. The molecule has 0 bridgehead atoms. The zero-order valence-electron chi connectivity index (χ0n) is 12.0. The van der Waals surface area contributed by atoms with Crippen LogP contribution in [0.3, 0.4) is 0 Å². The Bertz CT molecular complexity index is 318. The normalized spacial score (nSPS) is 11.4. The van der Waals surface area contributed by atoms with E-state index in [4.69, 9.17) is 0 Å². The first kappa shape index (κ1) is 15.6. The minimum atomic E-state index is 0.739. The molecule has 1 aromatic rings. The number of benzene rings is 1. The topological polar surface area (TPSA) is 3.24 Å². The molecule has 0 unspecified atom stereocenters. The quantitative estimate of drug-likeness (QED) is 0.702. The number of hydrogen-bond donors (Lipinski definition) is 1. The molecule has 2 heteroatoms. The van der Waals surface area contributed by atoms with E-state index in [1.165, 1.54) is 24.0 Å². The van der Waals surface area contributed by atoms with Crippen LogP contribution in [0.1, 0.15) is 31.4 Å². The minimum Gasteiger partial charge on any atom is -0.306 e. The van der Waals surface area contributed by atoms with Gasteiger partial charge in [-0.1, -0.05) is 38.1 Å². The first-order valence-corrected chi connectivity index (χ1v) is 7.62. The molecule has 1 rings (SSSR count). The molecule has 0 aliphatic rings. The van der Waals surface area contributed by atoms with Crippen LogP contribution in [-0.4, -0.2) is 30.8 Å². The SMILES string of the molecule is CC(C)Cc1ccc(CCN(C)CCCS)cc1. The molecule has 0 N–H and O–H groups in total. The van der Waals surface area contributed by atoms with Gasteiger partial charge in [-0.15, -0.1) is 0 Å². The molecular formula is C16H27NS. The van der Waals surface area contributed by atoms with Crippen LogP contribution in [0.15, 0.2) is 24.3 Å². The number of hydrogen-bond acceptors (Lipinski definition) is 2. The van der Waals surface area contributed by atoms with Crippen molar-refractivity contribution in [1.29, 1.82) is 0 Å². The molecule has 0 amide bonds. The summed E-state index contributed by atoms with van der Waals surface area (Å²) in [5, 5.41) is 0. The Kier molecular flexibility index (Phi) is 7.45. The van der Waals surface area contributed by atoms with Crippen molar-refractivity contribution < 1.29 is 0 Å². The summed E-state index contributed by atoms with van der Waals surface area (Å²) < 4.78 is 0. The molecule has 18 heavy (non-hydrogen) atoms. The Hall–Kier alpha value is -0.470. The van der Waals surface area contributed by atoms with Crippen molar-refractivity contribution in [3.8, 4) is 0 Å². The summed E-state index contributed by atoms with van der Waals surface area (Å²) in [7, 11) is 2.19. The van der Waals surface area contributed by atoms with Crippen molar-refractivity contribution in [2.45, 2.75) is 33.1 Å². The number of rotatable bonds is 8. The van der Waals surface area contributed by atoms with E-state index in [0.717, 1.165) is 31.2 Å². The lowest BCUT2D eigenvalue weighted by Gasteiger charge is -2.16. The van der Waals surface area contributed by atoms with E-state index < -0.39 is 0 Å². The zero-order chi connectivity index (χ0) is 13.4. The maximum absolute atomic E-state index is 4.24. The standard InChI is InChI=1S/C16H27NS/c1-14(2)13-16-7-5-15(6-8-16)9-11-17(3)10-4-12-18/h5-8,14,18H,4,9-13H2,1-3H3. The monoisotopic (exact) mass is 265 g/mol. The fourth-order valence-electron chi connectivity index (χ4n) is 2.09. The lowest BCUT2D eigenvalue weighted by Crippen LogP contribution is -2.22. The second-order valence-electron chi connectivity index (χ2n) is 5.54. The Labute approximate surface area is 118 Å². The molecule has 1 aromatic carbocycles. The number of nitrogens with zero attached hydrogens (tertiary/aromatic N) is 1. The Morgan fingerprint density at radius 3 is 2.22 bits per heavy atom. The molecular weight excluding hydrogens is 238 g/mol. The third kappa shape index (κ3) is 6.46. The van der Waals surface area contributed by atoms with Crippen LogP contribution >= 0.6 is 12.6 Å². The fourth-order valence-corrected chi connectivity index (χ4v) is 2.23. The van der Waals surface area contributed by atoms with Crippen molar-refractivity contribution in [1.82, 2.24) is 4.90 Å². The van der Waals surface area contributed by atoms with Crippen LogP contribution in [0.25, 0.3) is 0 Å². The van der Waals surface area contributed by atoms with Crippen molar-refractivity contribution in [2.24, 2.45) is 5.92 Å². The third-order valence-corrected chi connectivity index (χ3v) is 3.46. The van der Waals surface area contributed by atoms with E-state index in [2.05, 4.69) is 62.7 Å². The van der Waals surface area contributed by atoms with E-state index in [1.807, 2.05) is 0 Å². The van der Waals surface area contributed by atoms with Gasteiger partial charge < -0.3 is 4.90 Å². The van der Waals surface area contributed by atoms with Gasteiger partial charge in [0.1, 0.15) is 0 Å². The van der Waals surface area contributed by atoms with Gasteiger partial charge in [-0.3, -0.25) is 0 Å². The van der Waals surface area contributed by atoms with Gasteiger partial charge in [-0.05, 0) is 55.7 Å². The second kappa shape index (κ2) is 8.60. The van der Waals surface area contributed by atoms with Gasteiger partial charge in [0, 0.05) is 6.54 Å². The fraction of sp³-hybridized carbons (Fsp3) is 0.625. The summed E-state index contributed by atoms with van der Waals surface area (Å²) in [5.41, 5.74) is 2.90. The number of likely N-dealkylation sites (N-methyl/N-ethyl adjacent to an activating group) is 1. The molecule has 0 aliphatic heterocycles. The van der Waals surface area contributed by atoms with Gasteiger partial charge in [-0.25, -0.2) is 0 Å². The Balaban J connectivity index is 2.34. The Morgan fingerprint density at radius 1 is 1.06 bits per heavy atom. The summed E-state index contributed by atoms with van der Waals surface area (Å²) in [6.07, 6.45) is 3.50. The largest absolute Gasteiger partial charge is 0.306 e. The molecule has 0 aromatic heterocycles. The van der Waals surface area contributed by atoms with Crippen molar-refractivity contribution in [2.75, 3.05) is 25.9 Å². The highest BCUT2D eigenvalue weighted by Gasteiger charge is 2.01. The van der Waals surface area contributed by atoms with Gasteiger partial charge in [0.2, 0.25) is 0 Å². The summed E-state index contributed by atoms with van der Waals surface area (Å²) >= 11 is 4.24. The Morgan fingerprint density at radius 2 is 1.67 bits per heavy atom. The summed E-state index contributed by atoms with van der Waals surface area (Å²) in [6, 6.07) is 9.13.